The molecule has 7 nitrogen and oxygen atoms in total. The highest BCUT2D eigenvalue weighted by Crippen LogP contribution is 2.42. The van der Waals surface area contributed by atoms with Crippen LogP contribution in [-0.2, 0) is 22.1 Å². The van der Waals surface area contributed by atoms with Crippen LogP contribution in [0.3, 0.4) is 0 Å². The van der Waals surface area contributed by atoms with E-state index in [2.05, 4.69) is 21.3 Å². The zero-order chi connectivity index (χ0) is 26.9. The fraction of sp³-hybridized carbons (Fsp3) is 0.393. The lowest BCUT2D eigenvalue weighted by molar-refractivity contribution is -0.141. The maximum atomic E-state index is 13.0. The van der Waals surface area contributed by atoms with Crippen molar-refractivity contribution in [3.8, 4) is 11.1 Å². The van der Waals surface area contributed by atoms with Crippen molar-refractivity contribution in [2.75, 3.05) is 49.7 Å². The number of benzene rings is 1. The lowest BCUT2D eigenvalue weighted by atomic mass is 9.77. The van der Waals surface area contributed by atoms with Crippen LogP contribution in [0.4, 0.5) is 24.5 Å². The van der Waals surface area contributed by atoms with Crippen molar-refractivity contribution in [3.05, 3.63) is 71.3 Å². The molecule has 2 aliphatic heterocycles. The van der Waals surface area contributed by atoms with Gasteiger partial charge in [0.15, 0.2) is 0 Å². The van der Waals surface area contributed by atoms with Crippen molar-refractivity contribution in [1.29, 1.82) is 0 Å². The molecule has 1 fully saturated rings. The van der Waals surface area contributed by atoms with E-state index in [0.717, 1.165) is 73.1 Å². The van der Waals surface area contributed by atoms with E-state index in [1.165, 1.54) is 6.07 Å². The molecule has 0 atom stereocenters. The highest BCUT2D eigenvalue weighted by atomic mass is 19.4. The van der Waals surface area contributed by atoms with Gasteiger partial charge in [-0.25, -0.2) is 0 Å². The van der Waals surface area contributed by atoms with Gasteiger partial charge in [-0.15, -0.1) is 0 Å². The molecule has 200 valence electrons. The molecule has 5 rings (SSSR count). The molecule has 2 aliphatic rings. The summed E-state index contributed by atoms with van der Waals surface area (Å²) in [6, 6.07) is 9.53. The van der Waals surface area contributed by atoms with Gasteiger partial charge in [-0.2, -0.15) is 13.2 Å². The molecule has 4 heterocycles. The first-order valence-electron chi connectivity index (χ1n) is 12.5. The normalized spacial score (nSPS) is 16.2. The number of ether oxygens (including phenoxy) is 2. The average molecular weight is 527 g/mol. The fourth-order valence-corrected chi connectivity index (χ4v) is 4.98. The second kappa shape index (κ2) is 10.3. The summed E-state index contributed by atoms with van der Waals surface area (Å²) in [5.74, 6) is -0.647. The Morgan fingerprint density at radius 3 is 2.71 bits per heavy atom. The van der Waals surface area contributed by atoms with Crippen molar-refractivity contribution >= 4 is 17.3 Å². The predicted octanol–water partition coefficient (Wildman–Crippen LogP) is 5.14. The van der Waals surface area contributed by atoms with Gasteiger partial charge >= 0.3 is 6.18 Å². The maximum absolute atomic E-state index is 13.0. The molecule has 1 saturated heterocycles. The molecule has 3 aromatic rings. The van der Waals surface area contributed by atoms with E-state index in [0.29, 0.717) is 18.9 Å². The number of aromatic nitrogens is 2. The van der Waals surface area contributed by atoms with Gasteiger partial charge in [0.2, 0.25) is 0 Å². The number of pyridine rings is 2. The lowest BCUT2D eigenvalue weighted by Crippen LogP contribution is -2.55. The molecular formula is C28H29F3N4O3. The summed E-state index contributed by atoms with van der Waals surface area (Å²) in [5.41, 5.74) is 4.16. The summed E-state index contributed by atoms with van der Waals surface area (Å²) in [7, 11) is 0. The third-order valence-electron chi connectivity index (χ3n) is 7.00. The molecule has 0 bridgehead atoms. The molecule has 1 aromatic carbocycles. The Morgan fingerprint density at radius 2 is 2.00 bits per heavy atom. The molecule has 1 N–H and O–H groups in total. The second-order valence-corrected chi connectivity index (χ2v) is 9.89. The molecule has 38 heavy (non-hydrogen) atoms. The largest absolute Gasteiger partial charge is 0.433 e. The smallest absolute Gasteiger partial charge is 0.380 e. The molecule has 2 aromatic heterocycles. The number of halogens is 3. The van der Waals surface area contributed by atoms with Crippen LogP contribution in [0.1, 0.15) is 34.2 Å². The van der Waals surface area contributed by atoms with E-state index in [-0.39, 0.29) is 11.0 Å². The Morgan fingerprint density at radius 1 is 1.18 bits per heavy atom. The number of carbonyl (C=O) groups is 1. The Hall–Kier alpha value is -3.50. The van der Waals surface area contributed by atoms with Crippen LogP contribution >= 0.6 is 0 Å². The lowest BCUT2D eigenvalue weighted by Gasteiger charge is -2.49. The third-order valence-corrected chi connectivity index (χ3v) is 7.00. The summed E-state index contributed by atoms with van der Waals surface area (Å²) in [6.45, 7) is 8.28. The number of hydrogen-bond donors (Lipinski definition) is 1. The van der Waals surface area contributed by atoms with E-state index in [1.54, 1.807) is 6.07 Å². The van der Waals surface area contributed by atoms with Gasteiger partial charge in [0.25, 0.3) is 5.91 Å². The fourth-order valence-electron chi connectivity index (χ4n) is 4.98. The highest BCUT2D eigenvalue weighted by Gasteiger charge is 2.44. The average Bonchev–Trinajstić information content (AvgIpc) is 2.88. The molecule has 0 unspecified atom stereocenters. The van der Waals surface area contributed by atoms with Crippen molar-refractivity contribution in [1.82, 2.24) is 9.97 Å². The van der Waals surface area contributed by atoms with Crippen LogP contribution in [0, 0.1) is 12.3 Å². The molecule has 10 heteroatoms. The Kier molecular flexibility index (Phi) is 7.11. The summed E-state index contributed by atoms with van der Waals surface area (Å²) < 4.78 is 50.2. The van der Waals surface area contributed by atoms with Crippen molar-refractivity contribution in [3.63, 3.8) is 0 Å². The second-order valence-electron chi connectivity index (χ2n) is 9.89. The van der Waals surface area contributed by atoms with Gasteiger partial charge in [0.05, 0.1) is 31.2 Å². The predicted molar refractivity (Wildman–Crippen MR) is 137 cm³/mol. The summed E-state index contributed by atoms with van der Waals surface area (Å²) in [4.78, 5) is 23.2. The number of nitrogens with one attached hydrogen (secondary N) is 1. The first-order chi connectivity index (χ1) is 18.2. The van der Waals surface area contributed by atoms with Crippen LogP contribution in [0.15, 0.2) is 48.8 Å². The number of alkyl halides is 3. The van der Waals surface area contributed by atoms with Gasteiger partial charge in [0, 0.05) is 60.7 Å². The van der Waals surface area contributed by atoms with E-state index < -0.39 is 17.8 Å². The van der Waals surface area contributed by atoms with Crippen molar-refractivity contribution in [2.45, 2.75) is 26.4 Å². The molecule has 0 saturated carbocycles. The van der Waals surface area contributed by atoms with E-state index in [1.807, 2.05) is 32.2 Å². The molecule has 0 radical (unpaired) electrons. The first kappa shape index (κ1) is 26.1. The minimum atomic E-state index is -4.63. The Balaban J connectivity index is 1.41. The maximum Gasteiger partial charge on any atom is 0.433 e. The van der Waals surface area contributed by atoms with Crippen LogP contribution < -0.4 is 10.2 Å². The first-order valence-corrected chi connectivity index (χ1v) is 12.5. The van der Waals surface area contributed by atoms with Crippen LogP contribution in [-0.4, -0.2) is 55.4 Å². The summed E-state index contributed by atoms with van der Waals surface area (Å²) in [6.07, 6.45) is -0.956. The van der Waals surface area contributed by atoms with E-state index >= 15 is 0 Å². The number of anilines is 2. The Bertz CT molecular complexity index is 1340. The topological polar surface area (TPSA) is 76.6 Å². The number of fused-ring (bicyclic) bond motifs is 1. The van der Waals surface area contributed by atoms with Gasteiger partial charge in [-0.1, -0.05) is 6.07 Å². The molecule has 1 spiro atoms. The van der Waals surface area contributed by atoms with Gasteiger partial charge in [0.1, 0.15) is 5.69 Å². The third kappa shape index (κ3) is 5.37. The number of carbonyl (C=O) groups excluding carboxylic acids is 1. The SMILES string of the molecule is CCOCCN1CC2(COC2)Cc2ncc(-c3cc(NC(=O)c4ccnc(C(F)(F)F)c4)ccc3C)cc21. The minimum Gasteiger partial charge on any atom is -0.380 e. The number of amides is 1. The van der Waals surface area contributed by atoms with Crippen LogP contribution in [0.25, 0.3) is 11.1 Å². The summed E-state index contributed by atoms with van der Waals surface area (Å²) in [5, 5.41) is 2.71. The van der Waals surface area contributed by atoms with Crippen molar-refractivity contribution < 1.29 is 27.4 Å². The van der Waals surface area contributed by atoms with Gasteiger partial charge in [-0.3, -0.25) is 14.8 Å². The molecule has 1 amide bonds. The van der Waals surface area contributed by atoms with Crippen molar-refractivity contribution in [2.24, 2.45) is 5.41 Å². The standard InChI is InChI=1S/C28H29F3N4O3/c1-3-37-9-8-35-15-27(16-38-17-27)13-23-24(35)10-20(14-33-23)22-12-21(5-4-18(22)2)34-26(36)19-6-7-32-25(11-19)28(29,30)31/h4-7,10-12,14H,3,8-9,13,15-17H2,1-2H3,(H,34,36). The minimum absolute atomic E-state index is 0.0901. The van der Waals surface area contributed by atoms with E-state index in [9.17, 15) is 18.0 Å². The van der Waals surface area contributed by atoms with Gasteiger partial charge < -0.3 is 19.7 Å². The van der Waals surface area contributed by atoms with Gasteiger partial charge in [-0.05, 0) is 55.3 Å². The van der Waals surface area contributed by atoms with E-state index in [4.69, 9.17) is 14.5 Å². The monoisotopic (exact) mass is 526 g/mol. The number of nitrogens with zero attached hydrogens (tertiary/aromatic N) is 3. The zero-order valence-electron chi connectivity index (χ0n) is 21.3. The Labute approximate surface area is 219 Å². The summed E-state index contributed by atoms with van der Waals surface area (Å²) >= 11 is 0. The quantitative estimate of drug-likeness (QED) is 0.430. The van der Waals surface area contributed by atoms with Crippen LogP contribution in [0.2, 0.25) is 0 Å². The number of aryl methyl sites for hydroxylation is 1. The van der Waals surface area contributed by atoms with Crippen LogP contribution in [0.5, 0.6) is 0 Å². The number of rotatable bonds is 7. The highest BCUT2D eigenvalue weighted by molar-refractivity contribution is 6.04. The number of hydrogen-bond acceptors (Lipinski definition) is 6. The molecule has 0 aliphatic carbocycles. The molecular weight excluding hydrogens is 497 g/mol. The zero-order valence-corrected chi connectivity index (χ0v) is 21.3.